The smallest absolute Gasteiger partial charge is 0.164 e. The van der Waals surface area contributed by atoms with Crippen LogP contribution in [0.3, 0.4) is 0 Å². The van der Waals surface area contributed by atoms with Gasteiger partial charge in [-0.2, -0.15) is 0 Å². The normalized spacial score (nSPS) is 13.4. The van der Waals surface area contributed by atoms with E-state index in [2.05, 4.69) is 214 Å². The molecule has 13 rings (SSSR count). The largest absolute Gasteiger partial charge is 0.455 e. The Labute approximate surface area is 372 Å². The van der Waals surface area contributed by atoms with E-state index in [0.29, 0.717) is 17.5 Å². The molecule has 4 nitrogen and oxygen atoms in total. The molecule has 0 atom stereocenters. The Morgan fingerprint density at radius 1 is 0.375 bits per heavy atom. The van der Waals surface area contributed by atoms with Crippen molar-refractivity contribution in [2.75, 3.05) is 0 Å². The average Bonchev–Trinajstić information content (AvgIpc) is 3.97. The van der Waals surface area contributed by atoms with Crippen LogP contribution in [0.5, 0.6) is 0 Å². The first kappa shape index (κ1) is 36.9. The Morgan fingerprint density at radius 3 is 1.56 bits per heavy atom. The van der Waals surface area contributed by atoms with Crippen LogP contribution in [0.1, 0.15) is 22.3 Å². The second kappa shape index (κ2) is 13.6. The fourth-order valence-electron chi connectivity index (χ4n) is 10.6. The molecule has 0 amide bonds. The van der Waals surface area contributed by atoms with Crippen LogP contribution in [0.15, 0.2) is 199 Å². The molecule has 0 unspecified atom stereocenters. The maximum Gasteiger partial charge on any atom is 0.164 e. The molecule has 302 valence electrons. The molecule has 2 aliphatic rings. The summed E-state index contributed by atoms with van der Waals surface area (Å²) >= 11 is 0. The topological polar surface area (TPSA) is 51.8 Å². The van der Waals surface area contributed by atoms with Gasteiger partial charge in [0.2, 0.25) is 0 Å². The molecule has 2 heterocycles. The second-order valence-corrected chi connectivity index (χ2v) is 23.4. The van der Waals surface area contributed by atoms with Crippen LogP contribution in [-0.4, -0.2) is 23.0 Å². The van der Waals surface area contributed by atoms with E-state index >= 15 is 0 Å². The first-order valence-electron chi connectivity index (χ1n) is 22.1. The Kier molecular flexibility index (Phi) is 7.85. The van der Waals surface area contributed by atoms with Gasteiger partial charge in [0, 0.05) is 32.8 Å². The SMILES string of the molecule is C[Si](C)(C)c1ccc(-c2nc(-c3cccc(-c4ccc5c(c4)C4(c6ccccc6-c6ccccc64)c4ccccc4-5)c3)nc(-c3ccc4c(c3)oc3c5ccccc5ccc43)n2)cc1. The number of hydrogen-bond acceptors (Lipinski definition) is 4. The average molecular weight is 836 g/mol. The highest BCUT2D eigenvalue weighted by Crippen LogP contribution is 2.63. The fourth-order valence-corrected chi connectivity index (χ4v) is 11.8. The summed E-state index contributed by atoms with van der Waals surface area (Å²) in [5, 5.41) is 5.81. The van der Waals surface area contributed by atoms with E-state index in [1.54, 1.807) is 0 Å². The third-order valence-electron chi connectivity index (χ3n) is 13.7. The molecule has 0 N–H and O–H groups in total. The summed E-state index contributed by atoms with van der Waals surface area (Å²) < 4.78 is 6.63. The predicted octanol–water partition coefficient (Wildman–Crippen LogP) is 14.5. The zero-order valence-electron chi connectivity index (χ0n) is 35.7. The standard InChI is InChI=1S/C59H41N3OSi/c1-64(2,3)42-28-23-37(24-29-42)56-60-57(62-58(61-56)41-27-31-48-49-32-25-36-13-4-5-16-43(36)55(49)63-54(48)35-41)40-15-12-14-38(33-40)39-26-30-47-46-19-8-11-22-52(46)59(53(47)34-39)50-20-9-6-17-44(50)45-18-7-10-21-51(45)59/h4-35H,1-3H3. The molecule has 2 aromatic heterocycles. The fraction of sp³-hybridized carbons (Fsp3) is 0.0678. The molecular weight excluding hydrogens is 795 g/mol. The van der Waals surface area contributed by atoms with Gasteiger partial charge in [0.05, 0.1) is 13.5 Å². The number of aromatic nitrogens is 3. The predicted molar refractivity (Wildman–Crippen MR) is 266 cm³/mol. The van der Waals surface area contributed by atoms with E-state index in [0.717, 1.165) is 60.5 Å². The van der Waals surface area contributed by atoms with Crippen molar-refractivity contribution in [3.8, 4) is 67.5 Å². The second-order valence-electron chi connectivity index (χ2n) is 18.3. The molecule has 0 radical (unpaired) electrons. The summed E-state index contributed by atoms with van der Waals surface area (Å²) in [4.78, 5) is 15.6. The number of nitrogens with zero attached hydrogens (tertiary/aromatic N) is 3. The molecule has 0 fully saturated rings. The molecule has 64 heavy (non-hydrogen) atoms. The van der Waals surface area contributed by atoms with Crippen LogP contribution in [0.2, 0.25) is 19.6 Å². The lowest BCUT2D eigenvalue weighted by Crippen LogP contribution is -2.37. The summed E-state index contributed by atoms with van der Waals surface area (Å²) in [7, 11) is -1.51. The Bertz CT molecular complexity index is 3660. The number of fused-ring (bicyclic) bond motifs is 15. The molecule has 11 aromatic rings. The van der Waals surface area contributed by atoms with Gasteiger partial charge in [-0.3, -0.25) is 0 Å². The number of rotatable bonds is 5. The third kappa shape index (κ3) is 5.37. The third-order valence-corrected chi connectivity index (χ3v) is 15.8. The molecule has 2 aliphatic carbocycles. The summed E-state index contributed by atoms with van der Waals surface area (Å²) in [6.45, 7) is 7.11. The highest BCUT2D eigenvalue weighted by molar-refractivity contribution is 6.88. The van der Waals surface area contributed by atoms with Crippen molar-refractivity contribution in [1.29, 1.82) is 0 Å². The summed E-state index contributed by atoms with van der Waals surface area (Å²) in [6, 6.07) is 70.5. The van der Waals surface area contributed by atoms with Gasteiger partial charge in [0.1, 0.15) is 11.2 Å². The van der Waals surface area contributed by atoms with E-state index in [1.807, 2.05) is 0 Å². The van der Waals surface area contributed by atoms with Gasteiger partial charge in [-0.1, -0.05) is 189 Å². The molecule has 5 heteroatoms. The monoisotopic (exact) mass is 835 g/mol. The first-order chi connectivity index (χ1) is 31.3. The van der Waals surface area contributed by atoms with Crippen molar-refractivity contribution in [3.63, 3.8) is 0 Å². The van der Waals surface area contributed by atoms with Crippen LogP contribution < -0.4 is 5.19 Å². The lowest BCUT2D eigenvalue weighted by molar-refractivity contribution is 0.673. The number of furan rings is 1. The lowest BCUT2D eigenvalue weighted by atomic mass is 9.70. The zero-order valence-corrected chi connectivity index (χ0v) is 36.7. The van der Waals surface area contributed by atoms with Gasteiger partial charge in [-0.25, -0.2) is 15.0 Å². The molecular formula is C59H41N3OSi. The van der Waals surface area contributed by atoms with Gasteiger partial charge >= 0.3 is 0 Å². The van der Waals surface area contributed by atoms with Crippen LogP contribution in [0.25, 0.3) is 100 Å². The maximum absolute atomic E-state index is 6.63. The van der Waals surface area contributed by atoms with Crippen molar-refractivity contribution < 1.29 is 4.42 Å². The van der Waals surface area contributed by atoms with E-state index in [-0.39, 0.29) is 0 Å². The van der Waals surface area contributed by atoms with Gasteiger partial charge in [0.25, 0.3) is 0 Å². The van der Waals surface area contributed by atoms with Gasteiger partial charge in [0.15, 0.2) is 17.5 Å². The van der Waals surface area contributed by atoms with Gasteiger partial charge in [-0.05, 0) is 91.4 Å². The molecule has 0 saturated heterocycles. The van der Waals surface area contributed by atoms with Crippen LogP contribution >= 0.6 is 0 Å². The van der Waals surface area contributed by atoms with Crippen molar-refractivity contribution >= 4 is 46.0 Å². The minimum atomic E-state index is -1.51. The Morgan fingerprint density at radius 2 is 0.891 bits per heavy atom. The molecule has 9 aromatic carbocycles. The Hall–Kier alpha value is -7.73. The molecule has 0 saturated carbocycles. The quantitative estimate of drug-likeness (QED) is 0.162. The number of benzene rings is 9. The highest BCUT2D eigenvalue weighted by Gasteiger charge is 2.51. The summed E-state index contributed by atoms with van der Waals surface area (Å²) in [5.41, 5.74) is 16.8. The highest BCUT2D eigenvalue weighted by atomic mass is 28.3. The van der Waals surface area contributed by atoms with Crippen LogP contribution in [0.4, 0.5) is 0 Å². The lowest BCUT2D eigenvalue weighted by Gasteiger charge is -2.30. The van der Waals surface area contributed by atoms with Crippen molar-refractivity contribution in [3.05, 3.63) is 216 Å². The number of hydrogen-bond donors (Lipinski definition) is 0. The first-order valence-corrected chi connectivity index (χ1v) is 25.6. The van der Waals surface area contributed by atoms with E-state index < -0.39 is 13.5 Å². The Balaban J connectivity index is 0.964. The van der Waals surface area contributed by atoms with Crippen molar-refractivity contribution in [2.24, 2.45) is 0 Å². The minimum Gasteiger partial charge on any atom is -0.455 e. The van der Waals surface area contributed by atoms with Crippen molar-refractivity contribution in [1.82, 2.24) is 15.0 Å². The van der Waals surface area contributed by atoms with Crippen LogP contribution in [0, 0.1) is 0 Å². The van der Waals surface area contributed by atoms with E-state index in [9.17, 15) is 0 Å². The molecule has 1 spiro atoms. The van der Waals surface area contributed by atoms with Gasteiger partial charge < -0.3 is 4.42 Å². The summed E-state index contributed by atoms with van der Waals surface area (Å²) in [5.74, 6) is 1.86. The van der Waals surface area contributed by atoms with Crippen molar-refractivity contribution in [2.45, 2.75) is 25.1 Å². The van der Waals surface area contributed by atoms with E-state index in [4.69, 9.17) is 19.4 Å². The minimum absolute atomic E-state index is 0.413. The van der Waals surface area contributed by atoms with E-state index in [1.165, 1.54) is 49.7 Å². The van der Waals surface area contributed by atoms with Gasteiger partial charge in [-0.15, -0.1) is 0 Å². The summed E-state index contributed by atoms with van der Waals surface area (Å²) in [6.07, 6.45) is 0. The van der Waals surface area contributed by atoms with Crippen LogP contribution in [-0.2, 0) is 5.41 Å². The molecule has 0 bridgehead atoms. The zero-order chi connectivity index (χ0) is 42.7. The maximum atomic E-state index is 6.63. The molecule has 0 aliphatic heterocycles.